The van der Waals surface area contributed by atoms with Gasteiger partial charge in [-0.05, 0) is 25.1 Å². The summed E-state index contributed by atoms with van der Waals surface area (Å²) < 4.78 is 22.8. The molecule has 0 spiro atoms. The van der Waals surface area contributed by atoms with E-state index in [0.717, 1.165) is 6.26 Å². The fourth-order valence-electron chi connectivity index (χ4n) is 1.29. The lowest BCUT2D eigenvalue weighted by molar-refractivity contribution is 0.0948. The number of carbonyl (C=O) groups excluding carboxylic acids is 1. The van der Waals surface area contributed by atoms with Crippen LogP contribution in [0.5, 0.6) is 0 Å². The Kier molecular flexibility index (Phi) is 3.99. The first-order valence-electron chi connectivity index (χ1n) is 5.11. The van der Waals surface area contributed by atoms with Gasteiger partial charge in [-0.1, -0.05) is 5.92 Å². The van der Waals surface area contributed by atoms with Crippen molar-refractivity contribution in [3.63, 3.8) is 0 Å². The number of hydrogen-bond donors (Lipinski definition) is 2. The Hall–Kier alpha value is -2.00. The zero-order valence-corrected chi connectivity index (χ0v) is 10.9. The van der Waals surface area contributed by atoms with Gasteiger partial charge in [0.1, 0.15) is 0 Å². The second-order valence-corrected chi connectivity index (χ2v) is 5.94. The Bertz CT molecular complexity index is 615. The zero-order chi connectivity index (χ0) is 13.9. The van der Waals surface area contributed by atoms with E-state index in [1.54, 1.807) is 6.92 Å². The highest BCUT2D eigenvalue weighted by molar-refractivity contribution is 7.90. The van der Waals surface area contributed by atoms with Crippen molar-refractivity contribution in [1.29, 1.82) is 0 Å². The van der Waals surface area contributed by atoms with E-state index in [9.17, 15) is 13.2 Å². The summed E-state index contributed by atoms with van der Waals surface area (Å²) in [5, 5.41) is 2.53. The lowest BCUT2D eigenvalue weighted by Crippen LogP contribution is -2.31. The molecule has 6 heteroatoms. The van der Waals surface area contributed by atoms with Crippen LogP contribution in [-0.2, 0) is 9.84 Å². The maximum atomic E-state index is 11.8. The number of hydrogen-bond acceptors (Lipinski definition) is 4. The number of nitrogens with one attached hydrogen (secondary N) is 1. The van der Waals surface area contributed by atoms with Crippen LogP contribution in [0.4, 0.5) is 5.69 Å². The predicted molar refractivity (Wildman–Crippen MR) is 69.7 cm³/mol. The Morgan fingerprint density at radius 1 is 1.44 bits per heavy atom. The monoisotopic (exact) mass is 266 g/mol. The van der Waals surface area contributed by atoms with Crippen molar-refractivity contribution in [3.05, 3.63) is 23.8 Å². The van der Waals surface area contributed by atoms with E-state index in [-0.39, 0.29) is 16.1 Å². The number of amides is 1. The van der Waals surface area contributed by atoms with Crippen molar-refractivity contribution in [2.75, 3.05) is 12.0 Å². The average molecular weight is 266 g/mol. The van der Waals surface area contributed by atoms with Gasteiger partial charge in [0.15, 0.2) is 9.84 Å². The number of terminal acetylenes is 1. The van der Waals surface area contributed by atoms with Crippen LogP contribution < -0.4 is 11.1 Å². The Morgan fingerprint density at radius 2 is 2.06 bits per heavy atom. The highest BCUT2D eigenvalue weighted by Gasteiger charge is 2.14. The van der Waals surface area contributed by atoms with Crippen molar-refractivity contribution in [2.45, 2.75) is 17.9 Å². The van der Waals surface area contributed by atoms with Crippen molar-refractivity contribution in [1.82, 2.24) is 5.32 Å². The number of benzene rings is 1. The van der Waals surface area contributed by atoms with Gasteiger partial charge < -0.3 is 11.1 Å². The zero-order valence-electron chi connectivity index (χ0n) is 10.1. The normalized spacial score (nSPS) is 12.5. The third-order valence-corrected chi connectivity index (χ3v) is 3.31. The molecule has 96 valence electrons. The number of sulfone groups is 1. The average Bonchev–Trinajstić information content (AvgIpc) is 2.26. The summed E-state index contributed by atoms with van der Waals surface area (Å²) in [5.41, 5.74) is 5.94. The van der Waals surface area contributed by atoms with Crippen molar-refractivity contribution >= 4 is 21.4 Å². The van der Waals surface area contributed by atoms with Crippen LogP contribution in [0.15, 0.2) is 23.1 Å². The smallest absolute Gasteiger partial charge is 0.252 e. The summed E-state index contributed by atoms with van der Waals surface area (Å²) in [6, 6.07) is 3.52. The van der Waals surface area contributed by atoms with Crippen molar-refractivity contribution in [2.24, 2.45) is 0 Å². The van der Waals surface area contributed by atoms with Gasteiger partial charge in [-0.3, -0.25) is 4.79 Å². The molecule has 0 saturated heterocycles. The molecule has 1 rings (SSSR count). The molecule has 18 heavy (non-hydrogen) atoms. The standard InChI is InChI=1S/C12H14N2O3S/c1-4-8(2)14-12(15)9-5-10(13)7-11(6-9)18(3,16)17/h1,5-8H,13H2,2-3H3,(H,14,15). The van der Waals surface area contributed by atoms with Crippen LogP contribution in [0, 0.1) is 12.3 Å². The summed E-state index contributed by atoms with van der Waals surface area (Å²) >= 11 is 0. The Labute approximate surface area is 106 Å². The third-order valence-electron chi connectivity index (χ3n) is 2.22. The molecule has 1 unspecified atom stereocenters. The topological polar surface area (TPSA) is 89.3 Å². The Morgan fingerprint density at radius 3 is 2.56 bits per heavy atom. The van der Waals surface area contributed by atoms with Crippen LogP contribution in [0.25, 0.3) is 0 Å². The second kappa shape index (κ2) is 5.10. The summed E-state index contributed by atoms with van der Waals surface area (Å²) in [5.74, 6) is 1.88. The van der Waals surface area contributed by atoms with E-state index in [1.807, 2.05) is 0 Å². The van der Waals surface area contributed by atoms with Crippen LogP contribution in [0.3, 0.4) is 0 Å². The molecule has 0 bridgehead atoms. The second-order valence-electron chi connectivity index (χ2n) is 3.92. The maximum absolute atomic E-state index is 11.8. The van der Waals surface area contributed by atoms with Crippen LogP contribution >= 0.6 is 0 Å². The minimum Gasteiger partial charge on any atom is -0.399 e. The molecule has 1 amide bonds. The summed E-state index contributed by atoms with van der Waals surface area (Å²) in [6.07, 6.45) is 6.19. The van der Waals surface area contributed by atoms with Crippen LogP contribution in [-0.4, -0.2) is 26.6 Å². The summed E-state index contributed by atoms with van der Waals surface area (Å²) in [7, 11) is -3.42. The van der Waals surface area contributed by atoms with Crippen LogP contribution in [0.1, 0.15) is 17.3 Å². The molecule has 0 heterocycles. The molecule has 0 fully saturated rings. The van der Waals surface area contributed by atoms with Gasteiger partial charge in [-0.2, -0.15) is 0 Å². The first kappa shape index (κ1) is 14.1. The lowest BCUT2D eigenvalue weighted by atomic mass is 10.2. The van der Waals surface area contributed by atoms with Gasteiger partial charge in [0.2, 0.25) is 0 Å². The number of nitrogens with two attached hydrogens (primary N) is 1. The molecule has 0 aliphatic heterocycles. The highest BCUT2D eigenvalue weighted by Crippen LogP contribution is 2.16. The van der Waals surface area contributed by atoms with E-state index in [0.29, 0.717) is 0 Å². The largest absolute Gasteiger partial charge is 0.399 e. The minimum atomic E-state index is -3.42. The predicted octanol–water partition coefficient (Wildman–Crippen LogP) is 0.424. The number of rotatable bonds is 3. The molecule has 1 aromatic rings. The van der Waals surface area contributed by atoms with E-state index in [2.05, 4.69) is 11.2 Å². The maximum Gasteiger partial charge on any atom is 0.252 e. The van der Waals surface area contributed by atoms with Crippen molar-refractivity contribution < 1.29 is 13.2 Å². The number of carbonyl (C=O) groups is 1. The van der Waals surface area contributed by atoms with E-state index >= 15 is 0 Å². The van der Waals surface area contributed by atoms with E-state index in [4.69, 9.17) is 12.2 Å². The first-order chi connectivity index (χ1) is 8.24. The van der Waals surface area contributed by atoms with Gasteiger partial charge >= 0.3 is 0 Å². The molecule has 1 aromatic carbocycles. The lowest BCUT2D eigenvalue weighted by Gasteiger charge is -2.09. The fourth-order valence-corrected chi connectivity index (χ4v) is 1.98. The molecule has 0 aliphatic rings. The molecule has 0 radical (unpaired) electrons. The van der Waals surface area contributed by atoms with E-state index in [1.165, 1.54) is 18.2 Å². The number of nitrogen functional groups attached to an aromatic ring is 1. The molecule has 1 atom stereocenters. The third kappa shape index (κ3) is 3.50. The summed E-state index contributed by atoms with van der Waals surface area (Å²) in [4.78, 5) is 11.8. The van der Waals surface area contributed by atoms with Gasteiger partial charge in [0.25, 0.3) is 5.91 Å². The molecular formula is C12H14N2O3S. The molecule has 3 N–H and O–H groups in total. The minimum absolute atomic E-state index is 0.000936. The van der Waals surface area contributed by atoms with Gasteiger partial charge in [0.05, 0.1) is 10.9 Å². The highest BCUT2D eigenvalue weighted by atomic mass is 32.2. The first-order valence-corrected chi connectivity index (χ1v) is 7.01. The molecular weight excluding hydrogens is 252 g/mol. The van der Waals surface area contributed by atoms with Crippen molar-refractivity contribution in [3.8, 4) is 12.3 Å². The quantitative estimate of drug-likeness (QED) is 0.613. The SMILES string of the molecule is C#CC(C)NC(=O)c1cc(N)cc(S(C)(=O)=O)c1. The fraction of sp³-hybridized carbons (Fsp3) is 0.250. The van der Waals surface area contributed by atoms with Crippen LogP contribution in [0.2, 0.25) is 0 Å². The molecule has 5 nitrogen and oxygen atoms in total. The van der Waals surface area contributed by atoms with E-state index < -0.39 is 21.8 Å². The molecule has 0 aromatic heterocycles. The molecule has 0 aliphatic carbocycles. The molecule has 0 saturated carbocycles. The van der Waals surface area contributed by atoms with Gasteiger partial charge in [0, 0.05) is 17.5 Å². The Balaban J connectivity index is 3.16. The van der Waals surface area contributed by atoms with Gasteiger partial charge in [-0.25, -0.2) is 8.42 Å². The summed E-state index contributed by atoms with van der Waals surface area (Å²) in [6.45, 7) is 1.64. The van der Waals surface area contributed by atoms with Gasteiger partial charge in [-0.15, -0.1) is 6.42 Å². The number of anilines is 1.